The van der Waals surface area contributed by atoms with Crippen LogP contribution in [-0.2, 0) is 11.3 Å². The molecule has 0 unspecified atom stereocenters. The monoisotopic (exact) mass is 237 g/mol. The largest absolute Gasteiger partial charge is 0.502 e. The van der Waals surface area contributed by atoms with E-state index < -0.39 is 17.3 Å². The molecule has 0 atom stereocenters. The van der Waals surface area contributed by atoms with E-state index in [1.54, 1.807) is 6.92 Å². The van der Waals surface area contributed by atoms with Crippen molar-refractivity contribution in [3.8, 4) is 5.75 Å². The topological polar surface area (TPSA) is 68.5 Å². The Hall–Kier alpha value is -1.78. The molecule has 0 aliphatic heterocycles. The van der Waals surface area contributed by atoms with E-state index in [0.29, 0.717) is 19.1 Å². The third kappa shape index (κ3) is 2.49. The van der Waals surface area contributed by atoms with E-state index >= 15 is 0 Å². The fourth-order valence-corrected chi connectivity index (χ4v) is 1.53. The van der Waals surface area contributed by atoms with Gasteiger partial charge in [-0.05, 0) is 31.7 Å². The highest BCUT2D eigenvalue weighted by Gasteiger charge is 2.24. The van der Waals surface area contributed by atoms with Gasteiger partial charge in [0.05, 0.1) is 6.61 Å². The first kappa shape index (κ1) is 11.7. The van der Waals surface area contributed by atoms with Crippen molar-refractivity contribution in [2.24, 2.45) is 5.92 Å². The van der Waals surface area contributed by atoms with E-state index in [1.165, 1.54) is 16.8 Å². The molecule has 1 aliphatic carbocycles. The summed E-state index contributed by atoms with van der Waals surface area (Å²) in [5.74, 6) is -0.706. The van der Waals surface area contributed by atoms with E-state index in [9.17, 15) is 14.7 Å². The number of aromatic hydroxyl groups is 1. The number of pyridine rings is 1. The van der Waals surface area contributed by atoms with E-state index in [0.717, 1.165) is 12.8 Å². The molecule has 0 amide bonds. The van der Waals surface area contributed by atoms with Gasteiger partial charge in [0.1, 0.15) is 5.56 Å². The molecule has 17 heavy (non-hydrogen) atoms. The second-order valence-corrected chi connectivity index (χ2v) is 4.21. The Morgan fingerprint density at radius 1 is 1.59 bits per heavy atom. The van der Waals surface area contributed by atoms with E-state index in [-0.39, 0.29) is 5.56 Å². The average molecular weight is 237 g/mol. The molecule has 1 saturated carbocycles. The van der Waals surface area contributed by atoms with Gasteiger partial charge >= 0.3 is 5.97 Å². The number of hydrogen-bond acceptors (Lipinski definition) is 4. The summed E-state index contributed by atoms with van der Waals surface area (Å²) >= 11 is 0. The predicted octanol–water partition coefficient (Wildman–Crippen LogP) is 1.14. The SMILES string of the molecule is CCn1ccc(C(=O)OCC2CC2)c(O)c1=O. The quantitative estimate of drug-likeness (QED) is 0.797. The zero-order chi connectivity index (χ0) is 12.4. The second kappa shape index (κ2) is 4.61. The minimum atomic E-state index is -0.630. The number of carbonyl (C=O) groups is 1. The Balaban J connectivity index is 2.16. The van der Waals surface area contributed by atoms with Crippen molar-refractivity contribution in [2.45, 2.75) is 26.3 Å². The van der Waals surface area contributed by atoms with E-state index in [1.807, 2.05) is 0 Å². The molecule has 92 valence electrons. The lowest BCUT2D eigenvalue weighted by Crippen LogP contribution is -2.21. The Kier molecular flexibility index (Phi) is 3.17. The summed E-state index contributed by atoms with van der Waals surface area (Å²) in [5, 5.41) is 9.63. The van der Waals surface area contributed by atoms with Crippen LogP contribution >= 0.6 is 0 Å². The average Bonchev–Trinajstić information content (AvgIpc) is 3.13. The zero-order valence-electron chi connectivity index (χ0n) is 9.68. The highest BCUT2D eigenvalue weighted by Crippen LogP contribution is 2.29. The summed E-state index contributed by atoms with van der Waals surface area (Å²) in [4.78, 5) is 23.2. The van der Waals surface area contributed by atoms with Gasteiger partial charge in [0.15, 0.2) is 5.75 Å². The maximum Gasteiger partial charge on any atom is 0.342 e. The molecule has 2 rings (SSSR count). The van der Waals surface area contributed by atoms with Crippen LogP contribution in [0.4, 0.5) is 0 Å². The molecule has 1 aromatic heterocycles. The number of hydrogen-bond donors (Lipinski definition) is 1. The molecule has 1 fully saturated rings. The molecule has 1 aliphatic rings. The molecule has 1 aromatic rings. The Bertz CT molecular complexity index is 488. The van der Waals surface area contributed by atoms with Gasteiger partial charge in [-0.15, -0.1) is 0 Å². The van der Waals surface area contributed by atoms with Crippen LogP contribution in [0, 0.1) is 5.92 Å². The van der Waals surface area contributed by atoms with Gasteiger partial charge in [-0.3, -0.25) is 4.79 Å². The summed E-state index contributed by atoms with van der Waals surface area (Å²) in [6, 6.07) is 1.41. The molecule has 1 N–H and O–H groups in total. The van der Waals surface area contributed by atoms with Gasteiger partial charge in [-0.2, -0.15) is 0 Å². The molecule has 0 aromatic carbocycles. The lowest BCUT2D eigenvalue weighted by Gasteiger charge is -2.07. The van der Waals surface area contributed by atoms with Gasteiger partial charge in [0.25, 0.3) is 5.56 Å². The maximum atomic E-state index is 11.6. The number of ether oxygens (including phenoxy) is 1. The molecule has 0 spiro atoms. The molecule has 0 bridgehead atoms. The summed E-state index contributed by atoms with van der Waals surface area (Å²) < 4.78 is 6.34. The van der Waals surface area contributed by atoms with E-state index in [4.69, 9.17) is 4.74 Å². The predicted molar refractivity (Wildman–Crippen MR) is 61.0 cm³/mol. The number of nitrogens with zero attached hydrogens (tertiary/aromatic N) is 1. The third-order valence-corrected chi connectivity index (χ3v) is 2.85. The Morgan fingerprint density at radius 3 is 2.88 bits per heavy atom. The standard InChI is InChI=1S/C12H15NO4/c1-2-13-6-5-9(10(14)11(13)15)12(16)17-7-8-3-4-8/h5-6,8,14H,2-4,7H2,1H3. The van der Waals surface area contributed by atoms with Gasteiger partial charge in [0, 0.05) is 12.7 Å². The fraction of sp³-hybridized carbons (Fsp3) is 0.500. The highest BCUT2D eigenvalue weighted by molar-refractivity contribution is 5.92. The van der Waals surface area contributed by atoms with Gasteiger partial charge in [-0.25, -0.2) is 4.79 Å². The molecule has 5 nitrogen and oxygen atoms in total. The number of rotatable bonds is 4. The van der Waals surface area contributed by atoms with Crippen LogP contribution in [0.25, 0.3) is 0 Å². The van der Waals surface area contributed by atoms with Crippen molar-refractivity contribution in [1.29, 1.82) is 0 Å². The van der Waals surface area contributed by atoms with Crippen LogP contribution in [0.3, 0.4) is 0 Å². The zero-order valence-corrected chi connectivity index (χ0v) is 9.68. The van der Waals surface area contributed by atoms with Crippen LogP contribution in [0.15, 0.2) is 17.1 Å². The number of aryl methyl sites for hydroxylation is 1. The molecular weight excluding hydrogens is 222 g/mol. The van der Waals surface area contributed by atoms with Crippen molar-refractivity contribution >= 4 is 5.97 Å². The number of esters is 1. The van der Waals surface area contributed by atoms with Crippen LogP contribution in [0.1, 0.15) is 30.1 Å². The second-order valence-electron chi connectivity index (χ2n) is 4.21. The van der Waals surface area contributed by atoms with Crippen LogP contribution in [0.5, 0.6) is 5.75 Å². The van der Waals surface area contributed by atoms with Crippen molar-refractivity contribution in [3.05, 3.63) is 28.2 Å². The number of aromatic nitrogens is 1. The van der Waals surface area contributed by atoms with Crippen molar-refractivity contribution in [2.75, 3.05) is 6.61 Å². The minimum Gasteiger partial charge on any atom is -0.502 e. The Morgan fingerprint density at radius 2 is 2.29 bits per heavy atom. The summed E-state index contributed by atoms with van der Waals surface area (Å²) in [5.41, 5.74) is -0.617. The first-order valence-electron chi connectivity index (χ1n) is 5.73. The van der Waals surface area contributed by atoms with Gasteiger partial charge in [-0.1, -0.05) is 0 Å². The number of carbonyl (C=O) groups excluding carboxylic acids is 1. The molecule has 0 radical (unpaired) electrons. The summed E-state index contributed by atoms with van der Waals surface area (Å²) in [6.45, 7) is 2.60. The van der Waals surface area contributed by atoms with Gasteiger partial charge < -0.3 is 14.4 Å². The lowest BCUT2D eigenvalue weighted by molar-refractivity contribution is 0.0482. The lowest BCUT2D eigenvalue weighted by atomic mass is 10.2. The van der Waals surface area contributed by atoms with Gasteiger partial charge in [0.2, 0.25) is 0 Å². The van der Waals surface area contributed by atoms with Crippen LogP contribution in [-0.4, -0.2) is 22.2 Å². The summed E-state index contributed by atoms with van der Waals surface area (Å²) in [7, 11) is 0. The van der Waals surface area contributed by atoms with Crippen LogP contribution in [0.2, 0.25) is 0 Å². The first-order valence-corrected chi connectivity index (χ1v) is 5.73. The van der Waals surface area contributed by atoms with Crippen molar-refractivity contribution in [3.63, 3.8) is 0 Å². The smallest absolute Gasteiger partial charge is 0.342 e. The normalized spacial score (nSPS) is 14.6. The van der Waals surface area contributed by atoms with Crippen molar-refractivity contribution < 1.29 is 14.6 Å². The molecular formula is C12H15NO4. The Labute approximate surface area is 98.6 Å². The third-order valence-electron chi connectivity index (χ3n) is 2.85. The highest BCUT2D eigenvalue weighted by atomic mass is 16.5. The van der Waals surface area contributed by atoms with Crippen molar-refractivity contribution in [1.82, 2.24) is 4.57 Å². The summed E-state index contributed by atoms with van der Waals surface area (Å²) in [6.07, 6.45) is 3.64. The first-order chi connectivity index (χ1) is 8.13. The maximum absolute atomic E-state index is 11.6. The van der Waals surface area contributed by atoms with E-state index in [2.05, 4.69) is 0 Å². The molecule has 0 saturated heterocycles. The molecule has 5 heteroatoms. The molecule has 1 heterocycles. The fourth-order valence-electron chi connectivity index (χ4n) is 1.53. The minimum absolute atomic E-state index is 0.0552. The van der Waals surface area contributed by atoms with Crippen LogP contribution < -0.4 is 5.56 Å².